The SMILES string of the molecule is CCCCCCCCCCCCN(CCO)CCOC(=O)/C=C\C(=O)OCCN(CCO)CCCCCCCCCCCC. The fourth-order valence-electron chi connectivity index (χ4n) is 5.38. The van der Waals surface area contributed by atoms with Crippen LogP contribution in [0.2, 0.25) is 0 Å². The normalized spacial score (nSPS) is 11.7. The molecule has 0 aliphatic carbocycles. The molecule has 0 spiro atoms. The highest BCUT2D eigenvalue weighted by molar-refractivity contribution is 5.91. The van der Waals surface area contributed by atoms with E-state index in [0.717, 1.165) is 38.1 Å². The van der Waals surface area contributed by atoms with Crippen LogP contribution in [-0.2, 0) is 19.1 Å². The van der Waals surface area contributed by atoms with Crippen molar-refractivity contribution < 1.29 is 29.3 Å². The van der Waals surface area contributed by atoms with E-state index in [0.29, 0.717) is 26.2 Å². The monoisotopic (exact) mass is 627 g/mol. The molecular weight excluding hydrogens is 556 g/mol. The minimum atomic E-state index is -0.576. The van der Waals surface area contributed by atoms with Crippen molar-refractivity contribution in [3.63, 3.8) is 0 Å². The van der Waals surface area contributed by atoms with Gasteiger partial charge in [0.25, 0.3) is 0 Å². The molecule has 0 saturated carbocycles. The Bertz CT molecular complexity index is 607. The molecular formula is C36H70N2O6. The van der Waals surface area contributed by atoms with Gasteiger partial charge in [-0.25, -0.2) is 9.59 Å². The maximum absolute atomic E-state index is 12.0. The first kappa shape index (κ1) is 42.5. The van der Waals surface area contributed by atoms with Crippen molar-refractivity contribution in [1.29, 1.82) is 0 Å². The van der Waals surface area contributed by atoms with E-state index in [9.17, 15) is 19.8 Å². The Kier molecular flexibility index (Phi) is 33.2. The quantitative estimate of drug-likeness (QED) is 0.0445. The van der Waals surface area contributed by atoms with Crippen LogP contribution in [0.3, 0.4) is 0 Å². The lowest BCUT2D eigenvalue weighted by molar-refractivity contribution is -0.141. The van der Waals surface area contributed by atoms with Crippen molar-refractivity contribution in [2.75, 3.05) is 65.7 Å². The Balaban J connectivity index is 3.96. The number of unbranched alkanes of at least 4 members (excludes halogenated alkanes) is 18. The summed E-state index contributed by atoms with van der Waals surface area (Å²) in [6.07, 6.45) is 27.9. The molecule has 0 aromatic rings. The zero-order valence-corrected chi connectivity index (χ0v) is 28.8. The van der Waals surface area contributed by atoms with Crippen molar-refractivity contribution in [2.45, 2.75) is 142 Å². The molecule has 8 nitrogen and oxygen atoms in total. The van der Waals surface area contributed by atoms with Crippen molar-refractivity contribution in [3.05, 3.63) is 12.2 Å². The molecule has 44 heavy (non-hydrogen) atoms. The van der Waals surface area contributed by atoms with Gasteiger partial charge in [0.1, 0.15) is 13.2 Å². The molecule has 0 amide bonds. The molecule has 0 unspecified atom stereocenters. The van der Waals surface area contributed by atoms with Crippen LogP contribution >= 0.6 is 0 Å². The summed E-state index contributed by atoms with van der Waals surface area (Å²) >= 11 is 0. The maximum atomic E-state index is 12.0. The minimum absolute atomic E-state index is 0.0758. The molecule has 0 aliphatic rings. The fraction of sp³-hybridized carbons (Fsp3) is 0.889. The Morgan fingerprint density at radius 1 is 0.455 bits per heavy atom. The van der Waals surface area contributed by atoms with Gasteiger partial charge in [0.05, 0.1) is 13.2 Å². The van der Waals surface area contributed by atoms with Gasteiger partial charge < -0.3 is 19.7 Å². The van der Waals surface area contributed by atoms with E-state index in [1.54, 1.807) is 0 Å². The molecule has 8 heteroatoms. The van der Waals surface area contributed by atoms with Gasteiger partial charge in [-0.3, -0.25) is 9.80 Å². The highest BCUT2D eigenvalue weighted by Gasteiger charge is 2.08. The predicted octanol–water partition coefficient (Wildman–Crippen LogP) is 7.06. The molecule has 0 radical (unpaired) electrons. The molecule has 0 atom stereocenters. The molecule has 0 saturated heterocycles. The van der Waals surface area contributed by atoms with Crippen LogP contribution in [-0.4, -0.2) is 97.6 Å². The van der Waals surface area contributed by atoms with Gasteiger partial charge in [0.2, 0.25) is 0 Å². The first-order valence-electron chi connectivity index (χ1n) is 18.2. The third-order valence-electron chi connectivity index (χ3n) is 8.15. The number of carbonyl (C=O) groups is 2. The number of aliphatic hydroxyl groups is 2. The zero-order chi connectivity index (χ0) is 32.4. The van der Waals surface area contributed by atoms with Gasteiger partial charge in [-0.1, -0.05) is 129 Å². The van der Waals surface area contributed by atoms with Crippen molar-refractivity contribution in [3.8, 4) is 0 Å². The number of hydrogen-bond donors (Lipinski definition) is 2. The lowest BCUT2D eigenvalue weighted by atomic mass is 10.1. The molecule has 0 rings (SSSR count). The van der Waals surface area contributed by atoms with Gasteiger partial charge in [0.15, 0.2) is 0 Å². The van der Waals surface area contributed by atoms with Gasteiger partial charge in [-0.15, -0.1) is 0 Å². The third kappa shape index (κ3) is 30.5. The number of hydrogen-bond acceptors (Lipinski definition) is 8. The Morgan fingerprint density at radius 2 is 0.750 bits per heavy atom. The molecule has 260 valence electrons. The van der Waals surface area contributed by atoms with Gasteiger partial charge in [-0.2, -0.15) is 0 Å². The molecule has 0 heterocycles. The van der Waals surface area contributed by atoms with Gasteiger partial charge >= 0.3 is 11.9 Å². The number of ether oxygens (including phenoxy) is 2. The Morgan fingerprint density at radius 3 is 1.05 bits per heavy atom. The second-order valence-corrected chi connectivity index (χ2v) is 12.2. The van der Waals surface area contributed by atoms with Crippen LogP contribution in [0.25, 0.3) is 0 Å². The molecule has 0 aromatic carbocycles. The summed E-state index contributed by atoms with van der Waals surface area (Å²) in [6, 6.07) is 0. The maximum Gasteiger partial charge on any atom is 0.331 e. The second kappa shape index (κ2) is 34.4. The topological polar surface area (TPSA) is 99.5 Å². The summed E-state index contributed by atoms with van der Waals surface area (Å²) in [4.78, 5) is 28.3. The van der Waals surface area contributed by atoms with E-state index in [4.69, 9.17) is 9.47 Å². The summed E-state index contributed by atoms with van der Waals surface area (Å²) in [7, 11) is 0. The van der Waals surface area contributed by atoms with Gasteiger partial charge in [-0.05, 0) is 25.9 Å². The molecule has 0 bridgehead atoms. The average Bonchev–Trinajstić information content (AvgIpc) is 3.01. The highest BCUT2D eigenvalue weighted by atomic mass is 16.5. The Hall–Kier alpha value is -1.48. The standard InChI is InChI=1S/C36H70N2O6/c1-3-5-7-9-11-13-15-17-19-21-25-37(27-31-39)29-33-43-35(41)23-24-36(42)44-34-30-38(28-32-40)26-22-20-18-16-14-12-10-8-6-4-2/h23-24,39-40H,3-22,25-34H2,1-2H3/b24-23-. The van der Waals surface area contributed by atoms with Crippen LogP contribution in [0.1, 0.15) is 142 Å². The molecule has 0 fully saturated rings. The first-order valence-corrected chi connectivity index (χ1v) is 18.2. The second-order valence-electron chi connectivity index (χ2n) is 12.2. The smallest absolute Gasteiger partial charge is 0.331 e. The van der Waals surface area contributed by atoms with Crippen LogP contribution in [0.15, 0.2) is 12.2 Å². The van der Waals surface area contributed by atoms with Crippen LogP contribution in [0.4, 0.5) is 0 Å². The lowest BCUT2D eigenvalue weighted by Gasteiger charge is -2.21. The predicted molar refractivity (Wildman–Crippen MR) is 182 cm³/mol. The summed E-state index contributed by atoms with van der Waals surface area (Å²) in [5.74, 6) is -1.15. The van der Waals surface area contributed by atoms with Crippen LogP contribution in [0, 0.1) is 0 Å². The zero-order valence-electron chi connectivity index (χ0n) is 28.8. The van der Waals surface area contributed by atoms with E-state index in [1.807, 2.05) is 0 Å². The van der Waals surface area contributed by atoms with E-state index >= 15 is 0 Å². The lowest BCUT2D eigenvalue weighted by Crippen LogP contribution is -2.32. The number of rotatable bonds is 34. The third-order valence-corrected chi connectivity index (χ3v) is 8.15. The largest absolute Gasteiger partial charge is 0.461 e. The molecule has 0 aromatic heterocycles. The number of nitrogens with zero attached hydrogens (tertiary/aromatic N) is 2. The van der Waals surface area contributed by atoms with E-state index < -0.39 is 11.9 Å². The summed E-state index contributed by atoms with van der Waals surface area (Å²) in [6.45, 7) is 9.06. The van der Waals surface area contributed by atoms with E-state index in [-0.39, 0.29) is 26.4 Å². The Labute approximate surface area is 270 Å². The van der Waals surface area contributed by atoms with Crippen molar-refractivity contribution in [2.24, 2.45) is 0 Å². The minimum Gasteiger partial charge on any atom is -0.461 e. The van der Waals surface area contributed by atoms with Gasteiger partial charge in [0, 0.05) is 38.3 Å². The summed E-state index contributed by atoms with van der Waals surface area (Å²) < 4.78 is 10.5. The van der Waals surface area contributed by atoms with E-state index in [2.05, 4.69) is 23.6 Å². The number of esters is 2. The van der Waals surface area contributed by atoms with Crippen LogP contribution in [0.5, 0.6) is 0 Å². The fourth-order valence-corrected chi connectivity index (χ4v) is 5.38. The summed E-state index contributed by atoms with van der Waals surface area (Å²) in [5.41, 5.74) is 0. The van der Waals surface area contributed by atoms with Crippen molar-refractivity contribution >= 4 is 11.9 Å². The number of aliphatic hydroxyl groups excluding tert-OH is 2. The number of carbonyl (C=O) groups excluding carboxylic acids is 2. The molecule has 2 N–H and O–H groups in total. The van der Waals surface area contributed by atoms with Crippen LogP contribution < -0.4 is 0 Å². The summed E-state index contributed by atoms with van der Waals surface area (Å²) in [5, 5.41) is 18.7. The average molecular weight is 627 g/mol. The van der Waals surface area contributed by atoms with E-state index in [1.165, 1.54) is 116 Å². The molecule has 0 aliphatic heterocycles. The van der Waals surface area contributed by atoms with Crippen molar-refractivity contribution in [1.82, 2.24) is 9.80 Å². The highest BCUT2D eigenvalue weighted by Crippen LogP contribution is 2.12. The first-order chi connectivity index (χ1) is 21.6.